The number of nitrogens with one attached hydrogen (secondary N) is 1. The van der Waals surface area contributed by atoms with Gasteiger partial charge >= 0.3 is 0 Å². The predicted molar refractivity (Wildman–Crippen MR) is 135 cm³/mol. The number of aromatic nitrogens is 2. The molecule has 1 aliphatic heterocycles. The first-order chi connectivity index (χ1) is 17.0. The Bertz CT molecular complexity index is 1330. The van der Waals surface area contributed by atoms with Crippen LogP contribution >= 0.6 is 11.3 Å². The molecule has 1 aliphatic rings. The maximum Gasteiger partial charge on any atom is 0.259 e. The number of nitrogens with zero attached hydrogens (tertiary/aromatic N) is 3. The molecule has 5 rings (SSSR count). The van der Waals surface area contributed by atoms with Crippen molar-refractivity contribution in [2.75, 3.05) is 40.0 Å². The van der Waals surface area contributed by atoms with Gasteiger partial charge in [-0.25, -0.2) is 4.98 Å². The Morgan fingerprint density at radius 3 is 2.63 bits per heavy atom. The van der Waals surface area contributed by atoms with Gasteiger partial charge in [-0.2, -0.15) is 0 Å². The Balaban J connectivity index is 1.44. The normalized spacial score (nSPS) is 15.3. The second-order valence-corrected chi connectivity index (χ2v) is 9.85. The molecule has 1 saturated heterocycles. The number of methoxy groups -OCH3 is 1. The summed E-state index contributed by atoms with van der Waals surface area (Å²) in [5.41, 5.74) is 3.35. The van der Waals surface area contributed by atoms with E-state index < -0.39 is 0 Å². The molecule has 9 heteroatoms. The Morgan fingerprint density at radius 2 is 1.94 bits per heavy atom. The molecule has 4 heterocycles. The number of aryl methyl sites for hydroxylation is 2. The highest BCUT2D eigenvalue weighted by atomic mass is 32.1. The summed E-state index contributed by atoms with van der Waals surface area (Å²) in [6.45, 7) is 7.28. The van der Waals surface area contributed by atoms with Gasteiger partial charge in [0.25, 0.3) is 11.6 Å². The molecule has 1 fully saturated rings. The molecule has 1 unspecified atom stereocenters. The van der Waals surface area contributed by atoms with Crippen LogP contribution in [0, 0.1) is 13.8 Å². The first-order valence-corrected chi connectivity index (χ1v) is 12.4. The van der Waals surface area contributed by atoms with Gasteiger partial charge in [-0.1, -0.05) is 17.3 Å². The van der Waals surface area contributed by atoms with E-state index in [0.29, 0.717) is 47.8 Å². The highest BCUT2D eigenvalue weighted by Crippen LogP contribution is 2.31. The number of thiophene rings is 1. The SMILES string of the molecule is COc1ccc(C(CNC(=O)c2cc(-c3ccc(C)s3)nc3onc(C)c23)N2CCOCC2)cc1. The number of pyridine rings is 1. The lowest BCUT2D eigenvalue weighted by Crippen LogP contribution is -2.43. The Morgan fingerprint density at radius 1 is 1.17 bits per heavy atom. The van der Waals surface area contributed by atoms with Crippen LogP contribution in [0.2, 0.25) is 0 Å². The second kappa shape index (κ2) is 10.2. The van der Waals surface area contributed by atoms with Crippen LogP contribution in [0.25, 0.3) is 21.7 Å². The van der Waals surface area contributed by atoms with E-state index in [1.807, 2.05) is 44.2 Å². The Labute approximate surface area is 207 Å². The first kappa shape index (κ1) is 23.5. The topological polar surface area (TPSA) is 89.7 Å². The standard InChI is InChI=1S/C26H28N4O4S/c1-16-4-9-23(35-16)21-14-20(24-17(2)29-34-26(24)28-21)25(31)27-15-22(30-10-12-33-13-11-30)18-5-7-19(32-3)8-6-18/h4-9,14,22H,10-13,15H2,1-3H3,(H,27,31). The van der Waals surface area contributed by atoms with Gasteiger partial charge in [0, 0.05) is 24.5 Å². The van der Waals surface area contributed by atoms with Crippen molar-refractivity contribution in [3.8, 4) is 16.3 Å². The Hall–Kier alpha value is -3.27. The number of morpholine rings is 1. The van der Waals surface area contributed by atoms with E-state index in [-0.39, 0.29) is 11.9 Å². The minimum Gasteiger partial charge on any atom is -0.497 e. The molecule has 0 bridgehead atoms. The second-order valence-electron chi connectivity index (χ2n) is 8.56. The highest BCUT2D eigenvalue weighted by Gasteiger charge is 2.25. The quantitative estimate of drug-likeness (QED) is 0.409. The van der Waals surface area contributed by atoms with Crippen LogP contribution in [-0.4, -0.2) is 60.9 Å². The van der Waals surface area contributed by atoms with Crippen LogP contribution in [0.3, 0.4) is 0 Å². The van der Waals surface area contributed by atoms with Gasteiger partial charge in [0.15, 0.2) is 0 Å². The Kier molecular flexibility index (Phi) is 6.81. The number of amides is 1. The summed E-state index contributed by atoms with van der Waals surface area (Å²) in [4.78, 5) is 22.7. The lowest BCUT2D eigenvalue weighted by atomic mass is 10.0. The fraction of sp³-hybridized carbons (Fsp3) is 0.346. The summed E-state index contributed by atoms with van der Waals surface area (Å²) in [5.74, 6) is 0.627. The van der Waals surface area contributed by atoms with Crippen molar-refractivity contribution < 1.29 is 18.8 Å². The van der Waals surface area contributed by atoms with Crippen LogP contribution in [0.15, 0.2) is 47.0 Å². The molecule has 0 radical (unpaired) electrons. The third kappa shape index (κ3) is 4.93. The number of hydrogen-bond donors (Lipinski definition) is 1. The van der Waals surface area contributed by atoms with E-state index in [0.717, 1.165) is 29.3 Å². The summed E-state index contributed by atoms with van der Waals surface area (Å²) in [6.07, 6.45) is 0. The largest absolute Gasteiger partial charge is 0.497 e. The molecule has 35 heavy (non-hydrogen) atoms. The van der Waals surface area contributed by atoms with Crippen molar-refractivity contribution >= 4 is 28.3 Å². The number of carbonyl (C=O) groups excluding carboxylic acids is 1. The van der Waals surface area contributed by atoms with Gasteiger partial charge < -0.3 is 19.3 Å². The minimum atomic E-state index is -0.176. The van der Waals surface area contributed by atoms with Gasteiger partial charge in [0.2, 0.25) is 0 Å². The molecule has 1 amide bonds. The molecular formula is C26H28N4O4S. The molecule has 3 aromatic heterocycles. The van der Waals surface area contributed by atoms with Crippen LogP contribution in [0.4, 0.5) is 0 Å². The average molecular weight is 493 g/mol. The van der Waals surface area contributed by atoms with E-state index in [1.165, 1.54) is 4.88 Å². The lowest BCUT2D eigenvalue weighted by molar-refractivity contribution is 0.0162. The molecule has 0 saturated carbocycles. The van der Waals surface area contributed by atoms with Crippen molar-refractivity contribution in [2.24, 2.45) is 0 Å². The van der Waals surface area contributed by atoms with Gasteiger partial charge in [0.1, 0.15) is 5.75 Å². The number of fused-ring (bicyclic) bond motifs is 1. The molecule has 1 atom stereocenters. The van der Waals surface area contributed by atoms with Gasteiger partial charge in [0.05, 0.1) is 53.6 Å². The number of benzene rings is 1. The van der Waals surface area contributed by atoms with Crippen molar-refractivity contribution in [1.29, 1.82) is 0 Å². The van der Waals surface area contributed by atoms with Crippen LogP contribution < -0.4 is 10.1 Å². The predicted octanol–water partition coefficient (Wildman–Crippen LogP) is 4.38. The monoisotopic (exact) mass is 492 g/mol. The summed E-state index contributed by atoms with van der Waals surface area (Å²) in [7, 11) is 1.66. The average Bonchev–Trinajstić information content (AvgIpc) is 3.50. The van der Waals surface area contributed by atoms with Crippen LogP contribution in [0.1, 0.15) is 32.5 Å². The van der Waals surface area contributed by atoms with E-state index in [4.69, 9.17) is 14.0 Å². The zero-order valence-electron chi connectivity index (χ0n) is 20.0. The molecule has 8 nitrogen and oxygen atoms in total. The molecule has 0 aliphatic carbocycles. The third-order valence-corrected chi connectivity index (χ3v) is 7.32. The van der Waals surface area contributed by atoms with Gasteiger partial charge in [-0.3, -0.25) is 9.69 Å². The summed E-state index contributed by atoms with van der Waals surface area (Å²) < 4.78 is 16.3. The summed E-state index contributed by atoms with van der Waals surface area (Å²) in [6, 6.07) is 13.9. The fourth-order valence-corrected chi connectivity index (χ4v) is 5.26. The van der Waals surface area contributed by atoms with E-state index in [2.05, 4.69) is 32.5 Å². The molecule has 1 aromatic carbocycles. The van der Waals surface area contributed by atoms with Crippen LogP contribution in [0.5, 0.6) is 5.75 Å². The van der Waals surface area contributed by atoms with E-state index in [1.54, 1.807) is 18.4 Å². The summed E-state index contributed by atoms with van der Waals surface area (Å²) in [5, 5.41) is 7.88. The van der Waals surface area contributed by atoms with Gasteiger partial charge in [-0.15, -0.1) is 11.3 Å². The first-order valence-electron chi connectivity index (χ1n) is 11.6. The number of carbonyl (C=O) groups is 1. The fourth-order valence-electron chi connectivity index (χ4n) is 4.43. The minimum absolute atomic E-state index is 0.00840. The third-order valence-electron chi connectivity index (χ3n) is 6.30. The van der Waals surface area contributed by atoms with Crippen molar-refractivity contribution in [2.45, 2.75) is 19.9 Å². The number of hydrogen-bond acceptors (Lipinski definition) is 8. The zero-order valence-corrected chi connectivity index (χ0v) is 20.9. The van der Waals surface area contributed by atoms with Crippen LogP contribution in [-0.2, 0) is 4.74 Å². The number of rotatable bonds is 7. The van der Waals surface area contributed by atoms with E-state index >= 15 is 0 Å². The smallest absolute Gasteiger partial charge is 0.259 e. The van der Waals surface area contributed by atoms with Crippen molar-refractivity contribution in [3.05, 3.63) is 64.2 Å². The van der Waals surface area contributed by atoms with Crippen molar-refractivity contribution in [1.82, 2.24) is 20.4 Å². The molecule has 182 valence electrons. The molecule has 0 spiro atoms. The summed E-state index contributed by atoms with van der Waals surface area (Å²) >= 11 is 1.63. The molecule has 4 aromatic rings. The molecular weight excluding hydrogens is 464 g/mol. The van der Waals surface area contributed by atoms with E-state index in [9.17, 15) is 4.79 Å². The number of ether oxygens (including phenoxy) is 2. The maximum absolute atomic E-state index is 13.5. The van der Waals surface area contributed by atoms with Gasteiger partial charge in [-0.05, 0) is 49.7 Å². The lowest BCUT2D eigenvalue weighted by Gasteiger charge is -2.35. The maximum atomic E-state index is 13.5. The van der Waals surface area contributed by atoms with Crippen molar-refractivity contribution in [3.63, 3.8) is 0 Å². The molecule has 1 N–H and O–H groups in total. The highest BCUT2D eigenvalue weighted by molar-refractivity contribution is 7.15. The zero-order chi connectivity index (χ0) is 24.4.